The van der Waals surface area contributed by atoms with E-state index in [1.54, 1.807) is 0 Å². The third-order valence-corrected chi connectivity index (χ3v) is 2.06. The summed E-state index contributed by atoms with van der Waals surface area (Å²) in [7, 11) is 4.23. The van der Waals surface area contributed by atoms with Gasteiger partial charge in [-0.1, -0.05) is 13.0 Å². The molecule has 0 saturated heterocycles. The fourth-order valence-corrected chi connectivity index (χ4v) is 1.27. The van der Waals surface area contributed by atoms with Crippen LogP contribution >= 0.6 is 0 Å². The Morgan fingerprint density at radius 1 is 1.46 bits per heavy atom. The van der Waals surface area contributed by atoms with Gasteiger partial charge in [0.1, 0.15) is 0 Å². The molecule has 0 aliphatic heterocycles. The molecule has 0 heterocycles. The van der Waals surface area contributed by atoms with Crippen LogP contribution in [0.3, 0.4) is 0 Å². The number of hydrogen-bond donors (Lipinski definition) is 1. The summed E-state index contributed by atoms with van der Waals surface area (Å²) in [6.07, 6.45) is 5.49. The number of rotatable bonds is 8. The van der Waals surface area contributed by atoms with Crippen LogP contribution in [0.4, 0.5) is 0 Å². The van der Waals surface area contributed by atoms with Crippen molar-refractivity contribution in [2.45, 2.75) is 32.2 Å². The van der Waals surface area contributed by atoms with Crippen molar-refractivity contribution in [2.24, 2.45) is 0 Å². The summed E-state index contributed by atoms with van der Waals surface area (Å²) in [6.45, 7) is 8.25. The first kappa shape index (κ1) is 12.7. The molecule has 0 spiro atoms. The molecule has 0 aliphatic rings. The third-order valence-electron chi connectivity index (χ3n) is 2.06. The quantitative estimate of drug-likeness (QED) is 0.579. The molecule has 0 aliphatic carbocycles. The monoisotopic (exact) mass is 184 g/mol. The second-order valence-corrected chi connectivity index (χ2v) is 3.77. The van der Waals surface area contributed by atoms with Gasteiger partial charge in [0.15, 0.2) is 0 Å². The average Bonchev–Trinajstić information content (AvgIpc) is 2.09. The lowest BCUT2D eigenvalue weighted by atomic mass is 10.1. The molecule has 0 rings (SSSR count). The molecule has 1 N–H and O–H groups in total. The summed E-state index contributed by atoms with van der Waals surface area (Å²) in [5, 5.41) is 3.53. The van der Waals surface area contributed by atoms with Crippen molar-refractivity contribution in [1.82, 2.24) is 10.2 Å². The van der Waals surface area contributed by atoms with Gasteiger partial charge in [-0.25, -0.2) is 0 Å². The summed E-state index contributed by atoms with van der Waals surface area (Å²) in [5.41, 5.74) is 0. The van der Waals surface area contributed by atoms with E-state index in [-0.39, 0.29) is 0 Å². The number of nitrogens with zero attached hydrogens (tertiary/aromatic N) is 1. The van der Waals surface area contributed by atoms with Crippen molar-refractivity contribution in [2.75, 3.05) is 27.2 Å². The van der Waals surface area contributed by atoms with Gasteiger partial charge in [-0.15, -0.1) is 6.58 Å². The van der Waals surface area contributed by atoms with E-state index in [9.17, 15) is 0 Å². The van der Waals surface area contributed by atoms with Gasteiger partial charge in [-0.3, -0.25) is 0 Å². The molecule has 0 fully saturated rings. The van der Waals surface area contributed by atoms with E-state index < -0.39 is 0 Å². The molecule has 0 aromatic rings. The van der Waals surface area contributed by atoms with Crippen molar-refractivity contribution >= 4 is 0 Å². The van der Waals surface area contributed by atoms with Crippen molar-refractivity contribution in [3.8, 4) is 0 Å². The maximum atomic E-state index is 3.78. The van der Waals surface area contributed by atoms with Crippen LogP contribution in [0.2, 0.25) is 0 Å². The van der Waals surface area contributed by atoms with E-state index in [1.165, 1.54) is 12.8 Å². The zero-order valence-electron chi connectivity index (χ0n) is 9.34. The van der Waals surface area contributed by atoms with Crippen LogP contribution < -0.4 is 5.32 Å². The normalized spacial score (nSPS) is 13.2. The Labute approximate surface area is 83.0 Å². The van der Waals surface area contributed by atoms with E-state index >= 15 is 0 Å². The predicted molar refractivity (Wildman–Crippen MR) is 60.1 cm³/mol. The molecule has 0 aromatic carbocycles. The van der Waals surface area contributed by atoms with Gasteiger partial charge >= 0.3 is 0 Å². The van der Waals surface area contributed by atoms with Crippen LogP contribution in [0, 0.1) is 0 Å². The smallest absolute Gasteiger partial charge is 0.0114 e. The Bertz CT molecular complexity index is 121. The van der Waals surface area contributed by atoms with Gasteiger partial charge in [0.05, 0.1) is 0 Å². The van der Waals surface area contributed by atoms with E-state index in [2.05, 4.69) is 37.8 Å². The molecule has 1 atom stereocenters. The highest BCUT2D eigenvalue weighted by Crippen LogP contribution is 1.99. The lowest BCUT2D eigenvalue weighted by molar-refractivity contribution is 0.358. The van der Waals surface area contributed by atoms with Crippen molar-refractivity contribution in [3.05, 3.63) is 12.7 Å². The molecule has 2 heteroatoms. The fourth-order valence-electron chi connectivity index (χ4n) is 1.27. The van der Waals surface area contributed by atoms with Gasteiger partial charge < -0.3 is 10.2 Å². The minimum atomic E-state index is 0.611. The molecule has 0 amide bonds. The largest absolute Gasteiger partial charge is 0.314 e. The van der Waals surface area contributed by atoms with Crippen LogP contribution in [-0.4, -0.2) is 38.1 Å². The molecule has 0 aromatic heterocycles. The molecular weight excluding hydrogens is 160 g/mol. The Balaban J connectivity index is 3.59. The highest BCUT2D eigenvalue weighted by atomic mass is 15.1. The van der Waals surface area contributed by atoms with Crippen LogP contribution in [0.15, 0.2) is 12.7 Å². The Hall–Kier alpha value is -0.340. The maximum Gasteiger partial charge on any atom is 0.0114 e. The van der Waals surface area contributed by atoms with E-state index in [0.29, 0.717) is 6.04 Å². The summed E-state index contributed by atoms with van der Waals surface area (Å²) in [4.78, 5) is 2.23. The molecule has 78 valence electrons. The van der Waals surface area contributed by atoms with Crippen molar-refractivity contribution in [1.29, 1.82) is 0 Å². The van der Waals surface area contributed by atoms with Crippen LogP contribution in [0.1, 0.15) is 26.2 Å². The van der Waals surface area contributed by atoms with E-state index in [1.807, 2.05) is 6.08 Å². The summed E-state index contributed by atoms with van der Waals surface area (Å²) in [5.74, 6) is 0. The first-order valence-electron chi connectivity index (χ1n) is 5.19. The third kappa shape index (κ3) is 8.00. The van der Waals surface area contributed by atoms with Gasteiger partial charge in [0.25, 0.3) is 0 Å². The molecule has 0 bridgehead atoms. The lowest BCUT2D eigenvalue weighted by Crippen LogP contribution is -2.32. The van der Waals surface area contributed by atoms with Gasteiger partial charge in [-0.2, -0.15) is 0 Å². The Morgan fingerprint density at radius 3 is 2.62 bits per heavy atom. The lowest BCUT2D eigenvalue weighted by Gasteiger charge is -2.19. The van der Waals surface area contributed by atoms with Crippen LogP contribution in [-0.2, 0) is 0 Å². The fraction of sp³-hybridized carbons (Fsp3) is 0.818. The molecule has 0 radical (unpaired) electrons. The first-order chi connectivity index (χ1) is 6.20. The second-order valence-electron chi connectivity index (χ2n) is 3.77. The predicted octanol–water partition coefficient (Wildman–Crippen LogP) is 1.88. The minimum absolute atomic E-state index is 0.611. The highest BCUT2D eigenvalue weighted by Gasteiger charge is 2.05. The zero-order valence-corrected chi connectivity index (χ0v) is 9.34. The van der Waals surface area contributed by atoms with Gasteiger partial charge in [0, 0.05) is 6.04 Å². The molecule has 0 saturated carbocycles. The Kier molecular flexibility index (Phi) is 8.05. The number of hydrogen-bond acceptors (Lipinski definition) is 2. The van der Waals surface area contributed by atoms with Crippen molar-refractivity contribution < 1.29 is 0 Å². The summed E-state index contributed by atoms with van der Waals surface area (Å²) in [6, 6.07) is 0.611. The summed E-state index contributed by atoms with van der Waals surface area (Å²) >= 11 is 0. The van der Waals surface area contributed by atoms with Crippen LogP contribution in [0.5, 0.6) is 0 Å². The highest BCUT2D eigenvalue weighted by molar-refractivity contribution is 4.78. The van der Waals surface area contributed by atoms with Gasteiger partial charge in [0.2, 0.25) is 0 Å². The first-order valence-corrected chi connectivity index (χ1v) is 5.19. The standard InChI is InChI=1S/C11H24N2/c1-5-7-11(12-9-6-2)8-10-13(3)4/h5,11-12H,1,6-10H2,2-4H3. The number of nitrogens with one attached hydrogen (secondary N) is 1. The molecular formula is C11H24N2. The van der Waals surface area contributed by atoms with Crippen LogP contribution in [0.25, 0.3) is 0 Å². The zero-order chi connectivity index (χ0) is 10.1. The van der Waals surface area contributed by atoms with Gasteiger partial charge in [-0.05, 0) is 46.4 Å². The van der Waals surface area contributed by atoms with Crippen molar-refractivity contribution in [3.63, 3.8) is 0 Å². The topological polar surface area (TPSA) is 15.3 Å². The molecule has 13 heavy (non-hydrogen) atoms. The van der Waals surface area contributed by atoms with E-state index in [4.69, 9.17) is 0 Å². The Morgan fingerprint density at radius 2 is 2.15 bits per heavy atom. The molecule has 1 unspecified atom stereocenters. The maximum absolute atomic E-state index is 3.78. The second kappa shape index (κ2) is 8.27. The average molecular weight is 184 g/mol. The van der Waals surface area contributed by atoms with E-state index in [0.717, 1.165) is 19.5 Å². The SMILES string of the molecule is C=CCC(CCN(C)C)NCCC. The summed E-state index contributed by atoms with van der Waals surface area (Å²) < 4.78 is 0. The minimum Gasteiger partial charge on any atom is -0.314 e. The molecule has 2 nitrogen and oxygen atoms in total.